The minimum atomic E-state index is 0.416. The zero-order valence-electron chi connectivity index (χ0n) is 16.9. The second-order valence-corrected chi connectivity index (χ2v) is 6.77. The molecule has 0 saturated heterocycles. The Hall–Kier alpha value is -3.87. The number of guanidine groups is 1. The summed E-state index contributed by atoms with van der Waals surface area (Å²) in [4.78, 5) is 13.1. The van der Waals surface area contributed by atoms with E-state index in [2.05, 4.69) is 44.7 Å². The Balaban J connectivity index is 1.31. The maximum Gasteiger partial charge on any atom is 0.226 e. The van der Waals surface area contributed by atoms with Gasteiger partial charge in [0, 0.05) is 18.2 Å². The number of aryl methyl sites for hydroxylation is 1. The van der Waals surface area contributed by atoms with E-state index >= 15 is 0 Å². The molecule has 7 nitrogen and oxygen atoms in total. The van der Waals surface area contributed by atoms with Crippen molar-refractivity contribution in [3.8, 4) is 22.8 Å². The number of nitrogens with one attached hydrogen (secondary N) is 2. The van der Waals surface area contributed by atoms with E-state index in [-0.39, 0.29) is 0 Å². The molecule has 4 aromatic rings. The fourth-order valence-corrected chi connectivity index (χ4v) is 2.90. The topological polar surface area (TPSA) is 88.5 Å². The first-order valence-electron chi connectivity index (χ1n) is 9.67. The first-order valence-corrected chi connectivity index (χ1v) is 9.67. The Morgan fingerprint density at radius 2 is 1.73 bits per heavy atom. The quantitative estimate of drug-likeness (QED) is 0.372. The van der Waals surface area contributed by atoms with Gasteiger partial charge in [0.05, 0.1) is 25.0 Å². The fraction of sp³-hybridized carbons (Fsp3) is 0.174. The molecule has 0 unspecified atom stereocenters. The van der Waals surface area contributed by atoms with Crippen LogP contribution in [0.3, 0.4) is 0 Å². The lowest BCUT2D eigenvalue weighted by Gasteiger charge is -2.09. The molecule has 30 heavy (non-hydrogen) atoms. The molecule has 0 bridgehead atoms. The van der Waals surface area contributed by atoms with E-state index < -0.39 is 0 Å². The van der Waals surface area contributed by atoms with E-state index in [1.165, 1.54) is 5.56 Å². The largest absolute Gasteiger partial charge is 0.444 e. The normalized spacial score (nSPS) is 11.5. The van der Waals surface area contributed by atoms with E-state index in [1.807, 2.05) is 42.5 Å². The van der Waals surface area contributed by atoms with Gasteiger partial charge in [-0.05, 0) is 19.1 Å². The van der Waals surface area contributed by atoms with Gasteiger partial charge in [0.15, 0.2) is 11.7 Å². The molecule has 2 N–H and O–H groups in total. The highest BCUT2D eigenvalue weighted by Crippen LogP contribution is 2.21. The highest BCUT2D eigenvalue weighted by molar-refractivity contribution is 5.79. The first-order chi connectivity index (χ1) is 14.7. The van der Waals surface area contributed by atoms with Crippen LogP contribution >= 0.6 is 0 Å². The molecule has 0 saturated carbocycles. The summed E-state index contributed by atoms with van der Waals surface area (Å²) in [6.45, 7) is 2.95. The van der Waals surface area contributed by atoms with Crippen molar-refractivity contribution in [2.24, 2.45) is 4.99 Å². The average molecular weight is 401 g/mol. The molecule has 0 aliphatic heterocycles. The summed E-state index contributed by atoms with van der Waals surface area (Å²) in [5.74, 6) is 2.54. The maximum absolute atomic E-state index is 5.84. The van der Waals surface area contributed by atoms with Gasteiger partial charge in [-0.25, -0.2) is 9.97 Å². The monoisotopic (exact) mass is 401 g/mol. The molecular formula is C23H23N5O2. The van der Waals surface area contributed by atoms with Gasteiger partial charge in [0.2, 0.25) is 11.8 Å². The highest BCUT2D eigenvalue weighted by Gasteiger charge is 2.09. The summed E-state index contributed by atoms with van der Waals surface area (Å²) in [7, 11) is 1.71. The van der Waals surface area contributed by atoms with E-state index in [0.717, 1.165) is 22.6 Å². The molecule has 0 spiro atoms. The first kappa shape index (κ1) is 19.4. The van der Waals surface area contributed by atoms with Gasteiger partial charge >= 0.3 is 0 Å². The molecule has 2 aromatic heterocycles. The number of nitrogens with zero attached hydrogens (tertiary/aromatic N) is 3. The molecule has 0 atom stereocenters. The molecule has 152 valence electrons. The number of benzene rings is 2. The lowest BCUT2D eigenvalue weighted by atomic mass is 10.1. The second-order valence-electron chi connectivity index (χ2n) is 6.77. The molecule has 0 aliphatic carbocycles. The van der Waals surface area contributed by atoms with Crippen molar-refractivity contribution in [3.05, 3.63) is 84.2 Å². The fourth-order valence-electron chi connectivity index (χ4n) is 2.90. The van der Waals surface area contributed by atoms with Crippen LogP contribution in [0.1, 0.15) is 17.1 Å². The van der Waals surface area contributed by atoms with Crippen LogP contribution in [-0.4, -0.2) is 23.0 Å². The SMILES string of the molecule is CN=C(NCc1coc(-c2ccccc2)n1)NCc1ncc(-c2ccc(C)cc2)o1. The molecule has 7 heteroatoms. The van der Waals surface area contributed by atoms with Gasteiger partial charge in [0.25, 0.3) is 0 Å². The Morgan fingerprint density at radius 1 is 0.967 bits per heavy atom. The van der Waals surface area contributed by atoms with Gasteiger partial charge in [-0.1, -0.05) is 48.0 Å². The zero-order chi connectivity index (χ0) is 20.8. The number of oxazole rings is 2. The van der Waals surface area contributed by atoms with Crippen molar-refractivity contribution < 1.29 is 8.83 Å². The van der Waals surface area contributed by atoms with Gasteiger partial charge in [-0.3, -0.25) is 4.99 Å². The van der Waals surface area contributed by atoms with Crippen LogP contribution in [0.25, 0.3) is 22.8 Å². The van der Waals surface area contributed by atoms with E-state index in [0.29, 0.717) is 30.8 Å². The minimum absolute atomic E-state index is 0.416. The summed E-state index contributed by atoms with van der Waals surface area (Å²) < 4.78 is 11.4. The van der Waals surface area contributed by atoms with Crippen molar-refractivity contribution in [1.29, 1.82) is 0 Å². The van der Waals surface area contributed by atoms with Crippen LogP contribution in [0, 0.1) is 6.92 Å². The molecular weight excluding hydrogens is 378 g/mol. The van der Waals surface area contributed by atoms with Crippen LogP contribution in [0.4, 0.5) is 0 Å². The Kier molecular flexibility index (Phi) is 5.89. The predicted octanol–water partition coefficient (Wildman–Crippen LogP) is 4.17. The summed E-state index contributed by atoms with van der Waals surface area (Å²) in [5, 5.41) is 6.41. The summed E-state index contributed by atoms with van der Waals surface area (Å²) in [5.41, 5.74) is 3.94. The van der Waals surface area contributed by atoms with Crippen molar-refractivity contribution in [1.82, 2.24) is 20.6 Å². The van der Waals surface area contributed by atoms with Crippen molar-refractivity contribution >= 4 is 5.96 Å². The predicted molar refractivity (Wildman–Crippen MR) is 116 cm³/mol. The van der Waals surface area contributed by atoms with Gasteiger partial charge in [-0.2, -0.15) is 0 Å². The van der Waals surface area contributed by atoms with Crippen LogP contribution < -0.4 is 10.6 Å². The second kappa shape index (κ2) is 9.09. The van der Waals surface area contributed by atoms with Crippen molar-refractivity contribution in [2.45, 2.75) is 20.0 Å². The molecule has 0 radical (unpaired) electrons. The van der Waals surface area contributed by atoms with Crippen LogP contribution in [0.2, 0.25) is 0 Å². The summed E-state index contributed by atoms with van der Waals surface area (Å²) >= 11 is 0. The Labute approximate surface area is 174 Å². The lowest BCUT2D eigenvalue weighted by Crippen LogP contribution is -2.36. The van der Waals surface area contributed by atoms with Gasteiger partial charge in [-0.15, -0.1) is 0 Å². The third-order valence-corrected chi connectivity index (χ3v) is 4.53. The Bertz CT molecular complexity index is 1110. The van der Waals surface area contributed by atoms with E-state index in [1.54, 1.807) is 19.5 Å². The van der Waals surface area contributed by atoms with Crippen LogP contribution in [-0.2, 0) is 13.1 Å². The van der Waals surface area contributed by atoms with Gasteiger partial charge in [0.1, 0.15) is 6.26 Å². The van der Waals surface area contributed by atoms with Crippen LogP contribution in [0.15, 0.2) is 80.9 Å². The summed E-state index contributed by atoms with van der Waals surface area (Å²) in [6, 6.07) is 17.9. The number of hydrogen-bond donors (Lipinski definition) is 2. The Morgan fingerprint density at radius 3 is 2.50 bits per heavy atom. The molecule has 2 aromatic carbocycles. The zero-order valence-corrected chi connectivity index (χ0v) is 16.9. The summed E-state index contributed by atoms with van der Waals surface area (Å²) in [6.07, 6.45) is 3.38. The molecule has 4 rings (SSSR count). The number of hydrogen-bond acceptors (Lipinski definition) is 5. The van der Waals surface area contributed by atoms with Crippen molar-refractivity contribution in [3.63, 3.8) is 0 Å². The highest BCUT2D eigenvalue weighted by atomic mass is 16.4. The molecule has 0 aliphatic rings. The number of aliphatic imine (C=N–C) groups is 1. The average Bonchev–Trinajstić information content (AvgIpc) is 3.45. The third-order valence-electron chi connectivity index (χ3n) is 4.53. The number of aromatic nitrogens is 2. The molecule has 0 amide bonds. The standard InChI is InChI=1S/C23H23N5O2/c1-16-8-10-17(11-9-16)20-13-25-21(30-20)14-27-23(24-2)26-12-19-15-29-22(28-19)18-6-4-3-5-7-18/h3-11,13,15H,12,14H2,1-2H3,(H2,24,26,27). The third kappa shape index (κ3) is 4.75. The van der Waals surface area contributed by atoms with Gasteiger partial charge < -0.3 is 19.5 Å². The minimum Gasteiger partial charge on any atom is -0.444 e. The number of rotatable bonds is 6. The van der Waals surface area contributed by atoms with E-state index in [9.17, 15) is 0 Å². The molecule has 0 fully saturated rings. The molecule has 2 heterocycles. The lowest BCUT2D eigenvalue weighted by molar-refractivity contribution is 0.497. The van der Waals surface area contributed by atoms with Crippen LogP contribution in [0.5, 0.6) is 0 Å². The van der Waals surface area contributed by atoms with Crippen molar-refractivity contribution in [2.75, 3.05) is 7.05 Å². The maximum atomic E-state index is 5.84. The van der Waals surface area contributed by atoms with E-state index in [4.69, 9.17) is 8.83 Å². The smallest absolute Gasteiger partial charge is 0.226 e.